The van der Waals surface area contributed by atoms with Crippen molar-refractivity contribution in [2.45, 2.75) is 32.2 Å². The van der Waals surface area contributed by atoms with Gasteiger partial charge in [0.15, 0.2) is 5.82 Å². The molecule has 3 heterocycles. The molecule has 26 heavy (non-hydrogen) atoms. The van der Waals surface area contributed by atoms with E-state index in [1.54, 1.807) is 4.52 Å². The van der Waals surface area contributed by atoms with Gasteiger partial charge in [0.1, 0.15) is 10.7 Å². The SMILES string of the molecule is Cc1c(C2CCCOC2)c(Cl)n2nc(Cl)nc(NCc3ccccc3)c12. The summed E-state index contributed by atoms with van der Waals surface area (Å²) in [7, 11) is 0. The molecule has 3 aromatic rings. The Morgan fingerprint density at radius 1 is 1.27 bits per heavy atom. The molecule has 0 saturated carbocycles. The summed E-state index contributed by atoms with van der Waals surface area (Å²) in [6.45, 7) is 4.21. The molecule has 5 nitrogen and oxygen atoms in total. The highest BCUT2D eigenvalue weighted by atomic mass is 35.5. The van der Waals surface area contributed by atoms with Crippen molar-refractivity contribution in [2.24, 2.45) is 0 Å². The second-order valence-electron chi connectivity index (χ2n) is 6.57. The number of anilines is 1. The van der Waals surface area contributed by atoms with E-state index >= 15 is 0 Å². The molecular weight excluding hydrogens is 371 g/mol. The third-order valence-corrected chi connectivity index (χ3v) is 5.39. The number of halogens is 2. The summed E-state index contributed by atoms with van der Waals surface area (Å²) < 4.78 is 7.35. The van der Waals surface area contributed by atoms with Gasteiger partial charge in [0.25, 0.3) is 0 Å². The van der Waals surface area contributed by atoms with Gasteiger partial charge in [0.05, 0.1) is 6.61 Å². The maximum atomic E-state index is 6.69. The lowest BCUT2D eigenvalue weighted by Crippen LogP contribution is -2.16. The molecule has 1 aliphatic rings. The molecule has 7 heteroatoms. The zero-order valence-electron chi connectivity index (χ0n) is 14.5. The van der Waals surface area contributed by atoms with Crippen molar-refractivity contribution in [3.8, 4) is 0 Å². The standard InChI is InChI=1S/C19H20Cl2N4O/c1-12-15(14-8-5-9-26-11-14)17(20)25-16(12)18(23-19(21)24-25)22-10-13-6-3-2-4-7-13/h2-4,6-7,14H,5,8-11H2,1H3,(H,22,23,24). The van der Waals surface area contributed by atoms with Crippen LogP contribution in [0.15, 0.2) is 30.3 Å². The largest absolute Gasteiger partial charge is 0.381 e. The first-order chi connectivity index (χ1) is 12.6. The Hall–Kier alpha value is -1.82. The van der Waals surface area contributed by atoms with Crippen LogP contribution in [-0.2, 0) is 11.3 Å². The van der Waals surface area contributed by atoms with Gasteiger partial charge in [-0.25, -0.2) is 4.52 Å². The number of fused-ring (bicyclic) bond motifs is 1. The highest BCUT2D eigenvalue weighted by Gasteiger charge is 2.27. The van der Waals surface area contributed by atoms with Crippen LogP contribution in [-0.4, -0.2) is 27.8 Å². The maximum absolute atomic E-state index is 6.69. The van der Waals surface area contributed by atoms with Gasteiger partial charge in [-0.15, -0.1) is 5.10 Å². The minimum Gasteiger partial charge on any atom is -0.381 e. The second-order valence-corrected chi connectivity index (χ2v) is 7.27. The minimum atomic E-state index is 0.163. The number of nitrogens with zero attached hydrogens (tertiary/aromatic N) is 3. The number of benzene rings is 1. The molecule has 1 aromatic carbocycles. The fourth-order valence-corrected chi connectivity index (χ4v) is 4.20. The summed E-state index contributed by atoms with van der Waals surface area (Å²) in [5, 5.41) is 8.47. The first-order valence-corrected chi connectivity index (χ1v) is 9.50. The van der Waals surface area contributed by atoms with Crippen molar-refractivity contribution in [1.29, 1.82) is 0 Å². The number of aromatic nitrogens is 3. The van der Waals surface area contributed by atoms with Gasteiger partial charge in [-0.2, -0.15) is 4.98 Å². The van der Waals surface area contributed by atoms with E-state index in [0.717, 1.165) is 41.7 Å². The fourth-order valence-electron chi connectivity index (χ4n) is 3.62. The zero-order valence-corrected chi connectivity index (χ0v) is 16.0. The highest BCUT2D eigenvalue weighted by molar-refractivity contribution is 6.31. The Morgan fingerprint density at radius 3 is 2.81 bits per heavy atom. The summed E-state index contributed by atoms with van der Waals surface area (Å²) in [4.78, 5) is 4.41. The molecule has 1 unspecified atom stereocenters. The van der Waals surface area contributed by atoms with Crippen LogP contribution in [0.5, 0.6) is 0 Å². The fraction of sp³-hybridized carbons (Fsp3) is 0.368. The lowest BCUT2D eigenvalue weighted by Gasteiger charge is -2.22. The number of hydrogen-bond donors (Lipinski definition) is 1. The molecule has 0 bridgehead atoms. The quantitative estimate of drug-likeness (QED) is 0.691. The van der Waals surface area contributed by atoms with Crippen LogP contribution >= 0.6 is 23.2 Å². The number of nitrogens with one attached hydrogen (secondary N) is 1. The van der Waals surface area contributed by atoms with Gasteiger partial charge in [0.2, 0.25) is 5.28 Å². The maximum Gasteiger partial charge on any atom is 0.243 e. The van der Waals surface area contributed by atoms with E-state index in [4.69, 9.17) is 27.9 Å². The van der Waals surface area contributed by atoms with Crippen molar-refractivity contribution < 1.29 is 4.74 Å². The third-order valence-electron chi connectivity index (χ3n) is 4.86. The molecule has 1 N–H and O–H groups in total. The normalized spacial score (nSPS) is 17.6. The Morgan fingerprint density at radius 2 is 2.08 bits per heavy atom. The van der Waals surface area contributed by atoms with Crippen LogP contribution in [0.3, 0.4) is 0 Å². The first-order valence-electron chi connectivity index (χ1n) is 8.75. The lowest BCUT2D eigenvalue weighted by atomic mass is 9.93. The molecule has 1 atom stereocenters. The van der Waals surface area contributed by atoms with Crippen LogP contribution in [0.1, 0.15) is 35.4 Å². The number of hydrogen-bond acceptors (Lipinski definition) is 4. The highest BCUT2D eigenvalue weighted by Crippen LogP contribution is 2.38. The van der Waals surface area contributed by atoms with E-state index in [1.807, 2.05) is 18.2 Å². The van der Waals surface area contributed by atoms with Crippen LogP contribution < -0.4 is 5.32 Å². The number of ether oxygens (including phenoxy) is 1. The molecule has 136 valence electrons. The van der Waals surface area contributed by atoms with Crippen molar-refractivity contribution in [3.63, 3.8) is 0 Å². The average molecular weight is 391 g/mol. The van der Waals surface area contributed by atoms with Crippen LogP contribution in [0, 0.1) is 6.92 Å². The second kappa shape index (κ2) is 7.43. The molecule has 0 amide bonds. The summed E-state index contributed by atoms with van der Waals surface area (Å²) in [5.74, 6) is 0.968. The van der Waals surface area contributed by atoms with Gasteiger partial charge in [0, 0.05) is 24.6 Å². The van der Waals surface area contributed by atoms with Crippen molar-refractivity contribution >= 4 is 34.5 Å². The van der Waals surface area contributed by atoms with Gasteiger partial charge in [-0.1, -0.05) is 41.9 Å². The zero-order chi connectivity index (χ0) is 18.1. The van der Waals surface area contributed by atoms with Crippen molar-refractivity contribution in [3.05, 3.63) is 57.5 Å². The Bertz CT molecular complexity index is 920. The molecule has 1 fully saturated rings. The van der Waals surface area contributed by atoms with Crippen LogP contribution in [0.4, 0.5) is 5.82 Å². The monoisotopic (exact) mass is 390 g/mol. The van der Waals surface area contributed by atoms with Gasteiger partial charge in [-0.05, 0) is 42.5 Å². The first kappa shape index (κ1) is 17.6. The lowest BCUT2D eigenvalue weighted by molar-refractivity contribution is 0.0803. The van der Waals surface area contributed by atoms with Gasteiger partial charge < -0.3 is 10.1 Å². The molecule has 1 saturated heterocycles. The van der Waals surface area contributed by atoms with Gasteiger partial charge in [-0.3, -0.25) is 0 Å². The number of rotatable bonds is 4. The Labute approximate surface area is 162 Å². The summed E-state index contributed by atoms with van der Waals surface area (Å²) in [6.07, 6.45) is 2.10. The van der Waals surface area contributed by atoms with Crippen LogP contribution in [0.2, 0.25) is 10.4 Å². The summed E-state index contributed by atoms with van der Waals surface area (Å²) in [6, 6.07) is 10.2. The Balaban J connectivity index is 1.75. The van der Waals surface area contributed by atoms with Crippen molar-refractivity contribution in [1.82, 2.24) is 14.6 Å². The van der Waals surface area contributed by atoms with Crippen molar-refractivity contribution in [2.75, 3.05) is 18.5 Å². The molecular formula is C19H20Cl2N4O. The van der Waals surface area contributed by atoms with E-state index < -0.39 is 0 Å². The predicted octanol–water partition coefficient (Wildman–Crippen LogP) is 4.85. The molecule has 4 rings (SSSR count). The smallest absolute Gasteiger partial charge is 0.243 e. The van der Waals surface area contributed by atoms with E-state index in [1.165, 1.54) is 0 Å². The molecule has 1 aliphatic heterocycles. The van der Waals surface area contributed by atoms with E-state index in [-0.39, 0.29) is 11.2 Å². The molecule has 0 aliphatic carbocycles. The van der Waals surface area contributed by atoms with Gasteiger partial charge >= 0.3 is 0 Å². The predicted molar refractivity (Wildman–Crippen MR) is 104 cm³/mol. The molecule has 0 radical (unpaired) electrons. The summed E-state index contributed by atoms with van der Waals surface area (Å²) in [5.41, 5.74) is 4.20. The summed E-state index contributed by atoms with van der Waals surface area (Å²) >= 11 is 12.8. The average Bonchev–Trinajstić information content (AvgIpc) is 2.92. The van der Waals surface area contributed by atoms with E-state index in [2.05, 4.69) is 34.5 Å². The van der Waals surface area contributed by atoms with Crippen LogP contribution in [0.25, 0.3) is 5.52 Å². The number of aryl methyl sites for hydroxylation is 1. The Kier molecular flexibility index (Phi) is 5.02. The minimum absolute atomic E-state index is 0.163. The van der Waals surface area contributed by atoms with E-state index in [0.29, 0.717) is 24.1 Å². The third kappa shape index (κ3) is 3.27. The van der Waals surface area contributed by atoms with E-state index in [9.17, 15) is 0 Å². The topological polar surface area (TPSA) is 51.5 Å². The molecule has 0 spiro atoms. The molecule has 2 aromatic heterocycles.